The molecule has 0 unspecified atom stereocenters. The first-order valence-corrected chi connectivity index (χ1v) is 11.9. The lowest BCUT2D eigenvalue weighted by molar-refractivity contribution is 0.0357. The highest BCUT2D eigenvalue weighted by atomic mass is 16.5. The Morgan fingerprint density at radius 1 is 1.20 bits per heavy atom. The van der Waals surface area contributed by atoms with Crippen LogP contribution in [0.1, 0.15) is 22.5 Å². The minimum absolute atomic E-state index is 0.325. The van der Waals surface area contributed by atoms with Crippen molar-refractivity contribution in [2.45, 2.75) is 19.9 Å². The van der Waals surface area contributed by atoms with Crippen LogP contribution in [0.4, 0.5) is 5.82 Å². The molecule has 5 rings (SSSR count). The molecule has 2 aromatic heterocycles. The second kappa shape index (κ2) is 10.4. The van der Waals surface area contributed by atoms with E-state index in [0.717, 1.165) is 62.7 Å². The highest BCUT2D eigenvalue weighted by molar-refractivity contribution is 5.96. The molecular weight excluding hydrogens is 448 g/mol. The topological polar surface area (TPSA) is 103 Å². The second-order valence-electron chi connectivity index (χ2n) is 8.59. The van der Waals surface area contributed by atoms with Crippen molar-refractivity contribution in [3.63, 3.8) is 0 Å². The minimum atomic E-state index is -0.388. The SMILES string of the molecule is COc1c(OCCCN2CCOCC2)ccc2c3n(c(=NC(=O)c4ccc(C)nc4)nc12)CCN3. The fourth-order valence-electron chi connectivity index (χ4n) is 4.39. The quantitative estimate of drug-likeness (QED) is 0.515. The summed E-state index contributed by atoms with van der Waals surface area (Å²) in [5.41, 5.74) is 2.19. The summed E-state index contributed by atoms with van der Waals surface area (Å²) in [6, 6.07) is 7.41. The number of rotatable bonds is 7. The van der Waals surface area contributed by atoms with Crippen LogP contribution in [0.25, 0.3) is 10.9 Å². The van der Waals surface area contributed by atoms with Crippen LogP contribution < -0.4 is 20.4 Å². The number of morpholine rings is 1. The van der Waals surface area contributed by atoms with Crippen molar-refractivity contribution >= 4 is 22.6 Å². The first-order valence-electron chi connectivity index (χ1n) is 11.9. The average Bonchev–Trinajstić information content (AvgIpc) is 3.38. The van der Waals surface area contributed by atoms with E-state index in [1.807, 2.05) is 23.6 Å². The summed E-state index contributed by atoms with van der Waals surface area (Å²) in [7, 11) is 1.60. The lowest BCUT2D eigenvalue weighted by Crippen LogP contribution is -2.37. The van der Waals surface area contributed by atoms with Gasteiger partial charge in [0.25, 0.3) is 5.91 Å². The van der Waals surface area contributed by atoms with Crippen molar-refractivity contribution in [2.24, 2.45) is 4.99 Å². The van der Waals surface area contributed by atoms with E-state index < -0.39 is 0 Å². The molecule has 3 aromatic rings. The zero-order valence-corrected chi connectivity index (χ0v) is 20.1. The van der Waals surface area contributed by atoms with Crippen molar-refractivity contribution in [1.82, 2.24) is 19.4 Å². The fourth-order valence-corrected chi connectivity index (χ4v) is 4.39. The molecule has 2 aliphatic rings. The number of methoxy groups -OCH3 is 1. The van der Waals surface area contributed by atoms with Crippen LogP contribution in [0.3, 0.4) is 0 Å². The van der Waals surface area contributed by atoms with Gasteiger partial charge in [0.1, 0.15) is 11.3 Å². The number of hydrogen-bond acceptors (Lipinski definition) is 8. The molecule has 10 nitrogen and oxygen atoms in total. The number of nitrogens with one attached hydrogen (secondary N) is 1. The number of hydrogen-bond donors (Lipinski definition) is 1. The van der Waals surface area contributed by atoms with Gasteiger partial charge in [-0.25, -0.2) is 4.98 Å². The van der Waals surface area contributed by atoms with Gasteiger partial charge in [-0.05, 0) is 37.6 Å². The zero-order valence-electron chi connectivity index (χ0n) is 20.1. The van der Waals surface area contributed by atoms with Crippen molar-refractivity contribution in [2.75, 3.05) is 58.4 Å². The van der Waals surface area contributed by atoms with Crippen molar-refractivity contribution in [3.8, 4) is 11.5 Å². The van der Waals surface area contributed by atoms with E-state index in [2.05, 4.69) is 20.2 Å². The lowest BCUT2D eigenvalue weighted by atomic mass is 10.2. The molecule has 1 saturated heterocycles. The van der Waals surface area contributed by atoms with E-state index in [9.17, 15) is 4.79 Å². The van der Waals surface area contributed by atoms with Crippen LogP contribution in [0, 0.1) is 6.92 Å². The Labute approximate surface area is 203 Å². The lowest BCUT2D eigenvalue weighted by Gasteiger charge is -2.26. The number of benzene rings is 1. The Balaban J connectivity index is 1.44. The molecule has 184 valence electrons. The van der Waals surface area contributed by atoms with E-state index in [1.54, 1.807) is 19.2 Å². The number of nitrogens with zero attached hydrogens (tertiary/aromatic N) is 5. The molecule has 1 N–H and O–H groups in total. The van der Waals surface area contributed by atoms with Gasteiger partial charge in [-0.2, -0.15) is 4.99 Å². The molecule has 0 radical (unpaired) electrons. The van der Waals surface area contributed by atoms with Crippen LogP contribution >= 0.6 is 0 Å². The van der Waals surface area contributed by atoms with Gasteiger partial charge in [0.2, 0.25) is 5.62 Å². The summed E-state index contributed by atoms with van der Waals surface area (Å²) in [6.45, 7) is 8.29. The fraction of sp³-hybridized carbons (Fsp3) is 0.440. The largest absolute Gasteiger partial charge is 0.491 e. The predicted molar refractivity (Wildman–Crippen MR) is 131 cm³/mol. The molecule has 0 spiro atoms. The monoisotopic (exact) mass is 478 g/mol. The van der Waals surface area contributed by atoms with Crippen molar-refractivity contribution < 1.29 is 19.0 Å². The Hall–Kier alpha value is -3.50. The standard InChI is InChI=1S/C25H30N6O4/c1-17-4-5-18(16-27-17)24(32)29-25-28-21-19(23-26-8-10-31(23)25)6-7-20(22(21)33-2)35-13-3-9-30-11-14-34-15-12-30/h4-7,16,26H,3,8-15H2,1-2H3. The van der Waals surface area contributed by atoms with Gasteiger partial charge in [-0.15, -0.1) is 0 Å². The van der Waals surface area contributed by atoms with Crippen LogP contribution in [-0.2, 0) is 11.3 Å². The minimum Gasteiger partial charge on any atom is -0.491 e. The summed E-state index contributed by atoms with van der Waals surface area (Å²) < 4.78 is 19.2. The number of pyridine rings is 1. The van der Waals surface area contributed by atoms with Gasteiger partial charge in [0.05, 0.1) is 32.5 Å². The molecule has 1 amide bonds. The van der Waals surface area contributed by atoms with Crippen LogP contribution in [0.2, 0.25) is 0 Å². The predicted octanol–water partition coefficient (Wildman–Crippen LogP) is 2.02. The van der Waals surface area contributed by atoms with Gasteiger partial charge < -0.3 is 19.5 Å². The number of aromatic nitrogens is 3. The summed E-state index contributed by atoms with van der Waals surface area (Å²) >= 11 is 0. The number of fused-ring (bicyclic) bond motifs is 3. The maximum Gasteiger partial charge on any atom is 0.281 e. The molecule has 0 aliphatic carbocycles. The number of amides is 1. The maximum absolute atomic E-state index is 12.8. The van der Waals surface area contributed by atoms with Crippen LogP contribution in [0.15, 0.2) is 35.5 Å². The van der Waals surface area contributed by atoms with Gasteiger partial charge in [0, 0.05) is 50.0 Å². The number of anilines is 1. The number of carbonyl (C=O) groups is 1. The van der Waals surface area contributed by atoms with Gasteiger partial charge >= 0.3 is 0 Å². The van der Waals surface area contributed by atoms with Crippen LogP contribution in [-0.4, -0.2) is 78.5 Å². The van der Waals surface area contributed by atoms with Crippen LogP contribution in [0.5, 0.6) is 11.5 Å². The number of aryl methyl sites for hydroxylation is 1. The molecule has 1 aromatic carbocycles. The highest BCUT2D eigenvalue weighted by Crippen LogP contribution is 2.37. The molecule has 0 bridgehead atoms. The first-order chi connectivity index (χ1) is 17.1. The summed E-state index contributed by atoms with van der Waals surface area (Å²) in [4.78, 5) is 28.5. The highest BCUT2D eigenvalue weighted by Gasteiger charge is 2.21. The number of carbonyl (C=O) groups excluding carboxylic acids is 1. The molecule has 0 saturated carbocycles. The van der Waals surface area contributed by atoms with E-state index in [-0.39, 0.29) is 5.91 Å². The normalized spacial score (nSPS) is 16.2. The van der Waals surface area contributed by atoms with Gasteiger partial charge in [-0.1, -0.05) is 0 Å². The smallest absolute Gasteiger partial charge is 0.281 e. The zero-order chi connectivity index (χ0) is 24.2. The van der Waals surface area contributed by atoms with E-state index in [1.165, 1.54) is 6.20 Å². The van der Waals surface area contributed by atoms with E-state index >= 15 is 0 Å². The summed E-state index contributed by atoms with van der Waals surface area (Å²) in [6.07, 6.45) is 2.44. The third-order valence-electron chi connectivity index (χ3n) is 6.25. The maximum atomic E-state index is 12.8. The van der Waals surface area contributed by atoms with E-state index in [0.29, 0.717) is 41.3 Å². The Bertz CT molecular complexity index is 1280. The Kier molecular flexibility index (Phi) is 6.91. The van der Waals surface area contributed by atoms with Gasteiger partial charge in [-0.3, -0.25) is 19.2 Å². The summed E-state index contributed by atoms with van der Waals surface area (Å²) in [5, 5.41) is 4.28. The molecule has 0 atom stereocenters. The Morgan fingerprint density at radius 2 is 2.06 bits per heavy atom. The first kappa shape index (κ1) is 23.3. The molecule has 35 heavy (non-hydrogen) atoms. The molecule has 1 fully saturated rings. The Morgan fingerprint density at radius 3 is 2.83 bits per heavy atom. The van der Waals surface area contributed by atoms with Crippen molar-refractivity contribution in [3.05, 3.63) is 47.3 Å². The average molecular weight is 479 g/mol. The van der Waals surface area contributed by atoms with Crippen molar-refractivity contribution in [1.29, 1.82) is 0 Å². The molecule has 4 heterocycles. The molecule has 10 heteroatoms. The molecule has 2 aliphatic heterocycles. The molecular formula is C25H30N6O4. The summed E-state index contributed by atoms with van der Waals surface area (Å²) in [5.74, 6) is 1.63. The van der Waals surface area contributed by atoms with Gasteiger partial charge in [0.15, 0.2) is 11.5 Å². The number of ether oxygens (including phenoxy) is 3. The third kappa shape index (κ3) is 4.98. The van der Waals surface area contributed by atoms with E-state index in [4.69, 9.17) is 19.2 Å². The second-order valence-corrected chi connectivity index (χ2v) is 8.59. The third-order valence-corrected chi connectivity index (χ3v) is 6.25.